The predicted octanol–water partition coefficient (Wildman–Crippen LogP) is 2.67. The van der Waals surface area contributed by atoms with Gasteiger partial charge in [0.15, 0.2) is 5.65 Å². The zero-order valence-electron chi connectivity index (χ0n) is 16.1. The first kappa shape index (κ1) is 18.6. The van der Waals surface area contributed by atoms with Crippen LogP contribution in [-0.2, 0) is 17.8 Å². The fraction of sp³-hybridized carbons (Fsp3) is 0.182. The van der Waals surface area contributed by atoms with Crippen molar-refractivity contribution in [3.05, 3.63) is 88.1 Å². The second kappa shape index (κ2) is 8.10. The number of aromatic nitrogens is 4. The summed E-state index contributed by atoms with van der Waals surface area (Å²) in [4.78, 5) is 31.9. The minimum atomic E-state index is -0.257. The molecule has 146 valence electrons. The molecule has 29 heavy (non-hydrogen) atoms. The second-order valence-electron chi connectivity index (χ2n) is 6.85. The molecule has 4 rings (SSSR count). The lowest BCUT2D eigenvalue weighted by molar-refractivity contribution is -0.121. The van der Waals surface area contributed by atoms with Gasteiger partial charge in [-0.15, -0.1) is 0 Å². The maximum Gasteiger partial charge on any atom is 0.262 e. The Bertz CT molecular complexity index is 1210. The summed E-state index contributed by atoms with van der Waals surface area (Å²) in [5.41, 5.74) is 3.27. The average Bonchev–Trinajstić information content (AvgIpc) is 3.17. The lowest BCUT2D eigenvalue weighted by Gasteiger charge is -2.08. The van der Waals surface area contributed by atoms with Gasteiger partial charge >= 0.3 is 0 Å². The van der Waals surface area contributed by atoms with Crippen molar-refractivity contribution in [3.63, 3.8) is 0 Å². The average molecular weight is 387 g/mol. The van der Waals surface area contributed by atoms with Crippen LogP contribution in [0.25, 0.3) is 16.7 Å². The van der Waals surface area contributed by atoms with Gasteiger partial charge in [-0.05, 0) is 30.2 Å². The summed E-state index contributed by atoms with van der Waals surface area (Å²) in [5.74, 6) is 0.374. The Morgan fingerprint density at radius 3 is 2.66 bits per heavy atom. The number of hydrogen-bond acceptors (Lipinski definition) is 4. The van der Waals surface area contributed by atoms with E-state index in [9.17, 15) is 9.59 Å². The van der Waals surface area contributed by atoms with E-state index in [1.54, 1.807) is 4.68 Å². The van der Waals surface area contributed by atoms with E-state index >= 15 is 0 Å². The number of nitrogens with zero attached hydrogens (tertiary/aromatic N) is 3. The van der Waals surface area contributed by atoms with Gasteiger partial charge in [0.25, 0.3) is 5.56 Å². The molecule has 4 aromatic rings. The molecule has 7 nitrogen and oxygen atoms in total. The van der Waals surface area contributed by atoms with E-state index in [1.165, 1.54) is 6.20 Å². The van der Waals surface area contributed by atoms with Crippen LogP contribution in [0.1, 0.15) is 23.4 Å². The van der Waals surface area contributed by atoms with Crippen molar-refractivity contribution in [2.45, 2.75) is 26.3 Å². The van der Waals surface area contributed by atoms with Crippen molar-refractivity contribution in [1.82, 2.24) is 25.1 Å². The smallest absolute Gasteiger partial charge is 0.262 e. The van der Waals surface area contributed by atoms with Crippen molar-refractivity contribution >= 4 is 16.9 Å². The van der Waals surface area contributed by atoms with E-state index in [-0.39, 0.29) is 17.9 Å². The summed E-state index contributed by atoms with van der Waals surface area (Å²) in [6, 6.07) is 17.4. The molecular weight excluding hydrogens is 366 g/mol. The van der Waals surface area contributed by atoms with Crippen LogP contribution in [0, 0.1) is 6.92 Å². The molecule has 2 N–H and O–H groups in total. The lowest BCUT2D eigenvalue weighted by atomic mass is 10.1. The molecule has 0 aliphatic heterocycles. The van der Waals surface area contributed by atoms with Crippen LogP contribution in [0.4, 0.5) is 0 Å². The summed E-state index contributed by atoms with van der Waals surface area (Å²) in [7, 11) is 0. The molecule has 0 spiro atoms. The molecule has 2 aromatic heterocycles. The van der Waals surface area contributed by atoms with Crippen molar-refractivity contribution in [1.29, 1.82) is 0 Å². The fourth-order valence-electron chi connectivity index (χ4n) is 3.16. The summed E-state index contributed by atoms with van der Waals surface area (Å²) >= 11 is 0. The first-order valence-corrected chi connectivity index (χ1v) is 9.45. The summed E-state index contributed by atoms with van der Waals surface area (Å²) in [5, 5.41) is 7.62. The number of fused-ring (bicyclic) bond motifs is 1. The summed E-state index contributed by atoms with van der Waals surface area (Å²) in [6.07, 6.45) is 2.08. The molecular formula is C22H21N5O2. The van der Waals surface area contributed by atoms with E-state index in [0.717, 1.165) is 16.8 Å². The lowest BCUT2D eigenvalue weighted by Crippen LogP contribution is -2.24. The van der Waals surface area contributed by atoms with Crippen LogP contribution in [0.3, 0.4) is 0 Å². The Hall–Kier alpha value is -3.74. The van der Waals surface area contributed by atoms with Gasteiger partial charge < -0.3 is 10.3 Å². The third-order valence-electron chi connectivity index (χ3n) is 4.81. The normalized spacial score (nSPS) is 10.9. The van der Waals surface area contributed by atoms with Crippen LogP contribution in [-0.4, -0.2) is 25.7 Å². The SMILES string of the molecule is Cc1ccccc1CNC(=O)CCc1nc2c(cnn2-c2ccccc2)c(=O)[nH]1. The van der Waals surface area contributed by atoms with Crippen molar-refractivity contribution in [2.75, 3.05) is 0 Å². The first-order valence-electron chi connectivity index (χ1n) is 9.45. The zero-order chi connectivity index (χ0) is 20.2. The highest BCUT2D eigenvalue weighted by Crippen LogP contribution is 2.14. The van der Waals surface area contributed by atoms with Crippen LogP contribution in [0.15, 0.2) is 65.6 Å². The van der Waals surface area contributed by atoms with Crippen molar-refractivity contribution < 1.29 is 4.79 Å². The van der Waals surface area contributed by atoms with Crippen LogP contribution < -0.4 is 10.9 Å². The van der Waals surface area contributed by atoms with Gasteiger partial charge in [0.1, 0.15) is 11.2 Å². The van der Waals surface area contributed by atoms with Crippen molar-refractivity contribution in [2.24, 2.45) is 0 Å². The standard InChI is InChI=1S/C22H21N5O2/c1-15-7-5-6-8-16(15)13-23-20(28)12-11-19-25-21-18(22(29)26-19)14-24-27(21)17-9-3-2-4-10-17/h2-10,14H,11-13H2,1H3,(H,23,28)(H,25,26,29). The van der Waals surface area contributed by atoms with Crippen LogP contribution >= 0.6 is 0 Å². The summed E-state index contributed by atoms with van der Waals surface area (Å²) < 4.78 is 1.63. The number of nitrogens with one attached hydrogen (secondary N) is 2. The van der Waals surface area contributed by atoms with Crippen LogP contribution in [0.5, 0.6) is 0 Å². The van der Waals surface area contributed by atoms with E-state index in [1.807, 2.05) is 61.5 Å². The molecule has 0 fully saturated rings. The number of amides is 1. The number of H-pyrrole nitrogens is 1. The quantitative estimate of drug-likeness (QED) is 0.532. The highest BCUT2D eigenvalue weighted by atomic mass is 16.1. The number of aromatic amines is 1. The van der Waals surface area contributed by atoms with Gasteiger partial charge in [-0.3, -0.25) is 9.59 Å². The molecule has 0 atom stereocenters. The third kappa shape index (κ3) is 4.08. The molecule has 0 radical (unpaired) electrons. The number of hydrogen-bond donors (Lipinski definition) is 2. The molecule has 0 saturated carbocycles. The second-order valence-corrected chi connectivity index (χ2v) is 6.85. The van der Waals surface area contributed by atoms with Crippen LogP contribution in [0.2, 0.25) is 0 Å². The topological polar surface area (TPSA) is 92.7 Å². The minimum absolute atomic E-state index is 0.0902. The zero-order valence-corrected chi connectivity index (χ0v) is 16.1. The monoisotopic (exact) mass is 387 g/mol. The minimum Gasteiger partial charge on any atom is -0.352 e. The third-order valence-corrected chi connectivity index (χ3v) is 4.81. The number of aryl methyl sites for hydroxylation is 2. The Balaban J connectivity index is 1.47. The van der Waals surface area contributed by atoms with Gasteiger partial charge in [-0.1, -0.05) is 42.5 Å². The Morgan fingerprint density at radius 1 is 1.10 bits per heavy atom. The Labute approximate surface area is 167 Å². The highest BCUT2D eigenvalue weighted by molar-refractivity contribution is 5.77. The molecule has 0 unspecified atom stereocenters. The van der Waals surface area contributed by atoms with Gasteiger partial charge in [-0.25, -0.2) is 9.67 Å². The van der Waals surface area contributed by atoms with E-state index in [2.05, 4.69) is 20.4 Å². The molecule has 2 aromatic carbocycles. The number of rotatable bonds is 6. The summed E-state index contributed by atoms with van der Waals surface area (Å²) in [6.45, 7) is 2.50. The van der Waals surface area contributed by atoms with Crippen molar-refractivity contribution in [3.8, 4) is 5.69 Å². The molecule has 0 saturated heterocycles. The number of para-hydroxylation sites is 1. The number of carbonyl (C=O) groups is 1. The maximum absolute atomic E-state index is 12.4. The number of carbonyl (C=O) groups excluding carboxylic acids is 1. The predicted molar refractivity (Wildman–Crippen MR) is 111 cm³/mol. The van der Waals surface area contributed by atoms with Gasteiger partial charge in [-0.2, -0.15) is 5.10 Å². The highest BCUT2D eigenvalue weighted by Gasteiger charge is 2.12. The first-order chi connectivity index (χ1) is 14.1. The van der Waals surface area contributed by atoms with E-state index in [4.69, 9.17) is 0 Å². The molecule has 1 amide bonds. The molecule has 0 aliphatic rings. The molecule has 0 bridgehead atoms. The number of benzene rings is 2. The van der Waals surface area contributed by atoms with Gasteiger partial charge in [0.05, 0.1) is 11.9 Å². The Morgan fingerprint density at radius 2 is 1.86 bits per heavy atom. The Kier molecular flexibility index (Phi) is 5.20. The van der Waals surface area contributed by atoms with E-state index < -0.39 is 0 Å². The van der Waals surface area contributed by atoms with Gasteiger partial charge in [0, 0.05) is 19.4 Å². The maximum atomic E-state index is 12.4. The molecule has 7 heteroatoms. The molecule has 0 aliphatic carbocycles. The van der Waals surface area contributed by atoms with E-state index in [0.29, 0.717) is 29.8 Å². The molecule has 2 heterocycles. The largest absolute Gasteiger partial charge is 0.352 e. The van der Waals surface area contributed by atoms with Gasteiger partial charge in [0.2, 0.25) is 5.91 Å². The fourth-order valence-corrected chi connectivity index (χ4v) is 3.16.